The Balaban J connectivity index is 0.00000576. The van der Waals surface area contributed by atoms with Crippen LogP contribution in [-0.4, -0.2) is 53.7 Å². The van der Waals surface area contributed by atoms with Gasteiger partial charge in [-0.2, -0.15) is 5.10 Å². The number of halogens is 1. The predicted molar refractivity (Wildman–Crippen MR) is 113 cm³/mol. The van der Waals surface area contributed by atoms with Crippen LogP contribution in [0.4, 0.5) is 0 Å². The highest BCUT2D eigenvalue weighted by molar-refractivity contribution is 14.0. The van der Waals surface area contributed by atoms with Gasteiger partial charge in [-0.05, 0) is 5.92 Å². The minimum Gasteiger partial charge on any atom is -0.354 e. The summed E-state index contributed by atoms with van der Waals surface area (Å²) in [6.07, 6.45) is 2.06. The third-order valence-electron chi connectivity index (χ3n) is 3.70. The molecule has 0 saturated heterocycles. The molecule has 1 rings (SSSR count). The van der Waals surface area contributed by atoms with Crippen LogP contribution >= 0.6 is 24.0 Å². The van der Waals surface area contributed by atoms with Gasteiger partial charge >= 0.3 is 0 Å². The van der Waals surface area contributed by atoms with Crippen molar-refractivity contribution in [1.29, 1.82) is 0 Å². The van der Waals surface area contributed by atoms with E-state index in [2.05, 4.69) is 45.7 Å². The summed E-state index contributed by atoms with van der Waals surface area (Å²) in [7, 11) is 5.71. The number of aliphatic imine (C=N–C) groups is 1. The summed E-state index contributed by atoms with van der Waals surface area (Å²) < 4.78 is 1.86. The van der Waals surface area contributed by atoms with Crippen molar-refractivity contribution in [2.24, 2.45) is 18.0 Å². The molecule has 7 nitrogen and oxygen atoms in total. The van der Waals surface area contributed by atoms with E-state index in [0.717, 1.165) is 18.2 Å². The van der Waals surface area contributed by atoms with Crippen LogP contribution < -0.4 is 10.6 Å². The molecular formula is C17H33IN6O. The second-order valence-corrected chi connectivity index (χ2v) is 6.64. The molecule has 1 amide bonds. The van der Waals surface area contributed by atoms with Crippen molar-refractivity contribution in [2.75, 3.05) is 27.2 Å². The molecule has 0 aromatic carbocycles. The van der Waals surface area contributed by atoms with Gasteiger partial charge in [0.1, 0.15) is 0 Å². The zero-order valence-corrected chi connectivity index (χ0v) is 18.8. The van der Waals surface area contributed by atoms with Crippen molar-refractivity contribution >= 4 is 35.8 Å². The molecule has 0 saturated carbocycles. The number of aryl methyl sites for hydroxylation is 1. The lowest BCUT2D eigenvalue weighted by Crippen LogP contribution is -2.42. The van der Waals surface area contributed by atoms with Gasteiger partial charge in [-0.15, -0.1) is 24.0 Å². The molecule has 0 atom stereocenters. The van der Waals surface area contributed by atoms with E-state index in [1.165, 1.54) is 5.56 Å². The maximum absolute atomic E-state index is 11.5. The van der Waals surface area contributed by atoms with Gasteiger partial charge in [0.15, 0.2) is 5.96 Å². The summed E-state index contributed by atoms with van der Waals surface area (Å²) in [4.78, 5) is 17.9. The Bertz CT molecular complexity index is 567. The molecule has 0 aliphatic heterocycles. The van der Waals surface area contributed by atoms with E-state index in [1.807, 2.05) is 32.6 Å². The van der Waals surface area contributed by atoms with Crippen molar-refractivity contribution in [3.05, 3.63) is 17.5 Å². The lowest BCUT2D eigenvalue weighted by Gasteiger charge is -2.22. The molecule has 0 radical (unpaired) electrons. The van der Waals surface area contributed by atoms with E-state index in [0.29, 0.717) is 19.0 Å². The van der Waals surface area contributed by atoms with Crippen LogP contribution in [0.2, 0.25) is 0 Å². The van der Waals surface area contributed by atoms with Crippen molar-refractivity contribution in [3.63, 3.8) is 0 Å². The molecule has 1 heterocycles. The Hall–Kier alpha value is -1.32. The van der Waals surface area contributed by atoms with Gasteiger partial charge in [-0.1, -0.05) is 27.7 Å². The Morgan fingerprint density at radius 3 is 2.40 bits per heavy atom. The first-order valence-corrected chi connectivity index (χ1v) is 8.48. The third kappa shape index (κ3) is 7.62. The molecule has 0 fully saturated rings. The van der Waals surface area contributed by atoms with Gasteiger partial charge < -0.3 is 15.5 Å². The highest BCUT2D eigenvalue weighted by Crippen LogP contribution is 2.18. The largest absolute Gasteiger partial charge is 0.354 e. The number of nitrogens with zero attached hydrogens (tertiary/aromatic N) is 4. The third-order valence-corrected chi connectivity index (χ3v) is 3.70. The highest BCUT2D eigenvalue weighted by atomic mass is 127. The summed E-state index contributed by atoms with van der Waals surface area (Å²) in [5.74, 6) is 1.26. The second-order valence-electron chi connectivity index (χ2n) is 6.64. The Morgan fingerprint density at radius 2 is 1.88 bits per heavy atom. The quantitative estimate of drug-likeness (QED) is 0.280. The van der Waals surface area contributed by atoms with Crippen LogP contribution in [0.3, 0.4) is 0 Å². The zero-order chi connectivity index (χ0) is 18.3. The van der Waals surface area contributed by atoms with Gasteiger partial charge in [0.05, 0.1) is 5.69 Å². The number of carbonyl (C=O) groups excluding carboxylic acids is 1. The average Bonchev–Trinajstić information content (AvgIpc) is 2.87. The van der Waals surface area contributed by atoms with Crippen LogP contribution in [0.15, 0.2) is 11.2 Å². The number of nitrogens with one attached hydrogen (secondary N) is 2. The van der Waals surface area contributed by atoms with Crippen molar-refractivity contribution < 1.29 is 4.79 Å². The fraction of sp³-hybridized carbons (Fsp3) is 0.706. The molecular weight excluding hydrogens is 431 g/mol. The van der Waals surface area contributed by atoms with E-state index in [-0.39, 0.29) is 35.8 Å². The Kier molecular flexibility index (Phi) is 10.7. The van der Waals surface area contributed by atoms with Gasteiger partial charge in [0.25, 0.3) is 0 Å². The molecule has 25 heavy (non-hydrogen) atoms. The monoisotopic (exact) mass is 464 g/mol. The molecule has 144 valence electrons. The molecule has 0 spiro atoms. The van der Waals surface area contributed by atoms with Crippen LogP contribution in [0.5, 0.6) is 0 Å². The Morgan fingerprint density at radius 1 is 1.28 bits per heavy atom. The molecule has 0 aliphatic rings. The molecule has 0 unspecified atom stereocenters. The SMILES string of the molecule is CN=C(NCCNC(=O)C(C)C)N(C)Cc1cn(C)nc1C(C)C.I. The van der Waals surface area contributed by atoms with Crippen molar-refractivity contribution in [1.82, 2.24) is 25.3 Å². The van der Waals surface area contributed by atoms with Crippen molar-refractivity contribution in [3.8, 4) is 0 Å². The van der Waals surface area contributed by atoms with Gasteiger partial charge in [-0.25, -0.2) is 0 Å². The molecule has 8 heteroatoms. The second kappa shape index (κ2) is 11.3. The molecule has 1 aromatic rings. The van der Waals surface area contributed by atoms with Crippen molar-refractivity contribution in [2.45, 2.75) is 40.2 Å². The van der Waals surface area contributed by atoms with Crippen LogP contribution in [0, 0.1) is 5.92 Å². The van der Waals surface area contributed by atoms with Crippen LogP contribution in [-0.2, 0) is 18.4 Å². The normalized spacial score (nSPS) is 11.5. The lowest BCUT2D eigenvalue weighted by molar-refractivity contribution is -0.123. The van der Waals surface area contributed by atoms with Gasteiger partial charge in [-0.3, -0.25) is 14.5 Å². The van der Waals surface area contributed by atoms with E-state index >= 15 is 0 Å². The number of carbonyl (C=O) groups is 1. The zero-order valence-electron chi connectivity index (χ0n) is 16.5. The molecule has 1 aromatic heterocycles. The number of rotatable bonds is 7. The molecule has 2 N–H and O–H groups in total. The number of hydrogen-bond acceptors (Lipinski definition) is 3. The van der Waals surface area contributed by atoms with Crippen LogP contribution in [0.1, 0.15) is 44.9 Å². The summed E-state index contributed by atoms with van der Waals surface area (Å²) in [5, 5.41) is 10.7. The maximum atomic E-state index is 11.5. The first-order chi connectivity index (χ1) is 11.3. The first-order valence-electron chi connectivity index (χ1n) is 8.48. The molecule has 0 aliphatic carbocycles. The smallest absolute Gasteiger partial charge is 0.222 e. The number of hydrogen-bond donors (Lipinski definition) is 2. The summed E-state index contributed by atoms with van der Waals surface area (Å²) in [6.45, 7) is 10.0. The summed E-state index contributed by atoms with van der Waals surface area (Å²) in [6, 6.07) is 0. The van der Waals surface area contributed by atoms with Gasteiger partial charge in [0.2, 0.25) is 5.91 Å². The first kappa shape index (κ1) is 23.7. The predicted octanol–water partition coefficient (Wildman–Crippen LogP) is 1.94. The van der Waals surface area contributed by atoms with E-state index < -0.39 is 0 Å². The van der Waals surface area contributed by atoms with Crippen LogP contribution in [0.25, 0.3) is 0 Å². The van der Waals surface area contributed by atoms with E-state index in [1.54, 1.807) is 7.05 Å². The number of guanidine groups is 1. The van der Waals surface area contributed by atoms with E-state index in [9.17, 15) is 4.79 Å². The summed E-state index contributed by atoms with van der Waals surface area (Å²) in [5.41, 5.74) is 2.31. The van der Waals surface area contributed by atoms with E-state index in [4.69, 9.17) is 0 Å². The topological polar surface area (TPSA) is 74.6 Å². The average molecular weight is 464 g/mol. The fourth-order valence-corrected chi connectivity index (χ4v) is 2.44. The minimum atomic E-state index is 0. The number of amides is 1. The highest BCUT2D eigenvalue weighted by Gasteiger charge is 2.15. The molecule has 0 bridgehead atoms. The lowest BCUT2D eigenvalue weighted by atomic mass is 10.1. The minimum absolute atomic E-state index is 0. The fourth-order valence-electron chi connectivity index (χ4n) is 2.44. The standard InChI is InChI=1S/C17H32N6O.HI/c1-12(2)15-14(11-23(7)21-15)10-22(6)17(18-5)20-9-8-19-16(24)13(3)4;/h11-13H,8-10H2,1-7H3,(H,18,20)(H,19,24);1H. The maximum Gasteiger partial charge on any atom is 0.222 e. The van der Waals surface area contributed by atoms with Gasteiger partial charge in [0, 0.05) is 58.5 Å². The Labute approximate surface area is 168 Å². The number of aromatic nitrogens is 2. The summed E-state index contributed by atoms with van der Waals surface area (Å²) >= 11 is 0.